The summed E-state index contributed by atoms with van der Waals surface area (Å²) in [6, 6.07) is -0.670. The van der Waals surface area contributed by atoms with Crippen LogP contribution in [-0.2, 0) is 9.47 Å². The molecule has 0 aromatic carbocycles. The molecule has 1 unspecified atom stereocenters. The van der Waals surface area contributed by atoms with E-state index in [2.05, 4.69) is 0 Å². The first-order valence-corrected chi connectivity index (χ1v) is 7.43. The fourth-order valence-electron chi connectivity index (χ4n) is 2.42. The highest BCUT2D eigenvalue weighted by molar-refractivity contribution is 5.69. The number of hydrogen-bond acceptors (Lipinski definition) is 6. The van der Waals surface area contributed by atoms with Gasteiger partial charge in [0.1, 0.15) is 23.6 Å². The Hall–Kier alpha value is -1.48. The summed E-state index contributed by atoms with van der Waals surface area (Å²) in [5.41, 5.74) is -1.71. The summed E-state index contributed by atoms with van der Waals surface area (Å²) >= 11 is 0. The number of carbonyl (C=O) groups excluding carboxylic acids is 1. The van der Waals surface area contributed by atoms with E-state index in [1.165, 1.54) is 4.90 Å². The lowest BCUT2D eigenvalue weighted by Crippen LogP contribution is -2.51. The summed E-state index contributed by atoms with van der Waals surface area (Å²) in [4.78, 5) is 23.2. The number of nitrogens with zero attached hydrogens (tertiary/aromatic N) is 2. The van der Waals surface area contributed by atoms with E-state index in [-0.39, 0.29) is 13.0 Å². The Kier molecular flexibility index (Phi) is 5.92. The van der Waals surface area contributed by atoms with Crippen LogP contribution in [0.1, 0.15) is 41.0 Å². The molecule has 1 heterocycles. The average molecular weight is 336 g/mol. The number of carbonyl (C=O) groups is 1. The van der Waals surface area contributed by atoms with Crippen LogP contribution >= 0.6 is 0 Å². The Labute approximate surface area is 134 Å². The lowest BCUT2D eigenvalue weighted by atomic mass is 10.0. The highest BCUT2D eigenvalue weighted by Crippen LogP contribution is 2.32. The fourth-order valence-corrected chi connectivity index (χ4v) is 2.42. The van der Waals surface area contributed by atoms with Crippen LogP contribution in [0.5, 0.6) is 0 Å². The van der Waals surface area contributed by atoms with Gasteiger partial charge in [-0.3, -0.25) is 15.0 Å². The van der Waals surface area contributed by atoms with Crippen LogP contribution in [0.15, 0.2) is 0 Å². The SMILES string of the molecule is CC(C)(C)OC(=O)N1[C@@H](C[C@H](F)C(O)C[N+](=O)[O-])COC1(C)C. The molecule has 1 N–H and O–H groups in total. The smallest absolute Gasteiger partial charge is 0.412 e. The molecule has 1 fully saturated rings. The first-order valence-electron chi connectivity index (χ1n) is 7.43. The molecule has 1 aliphatic heterocycles. The van der Waals surface area contributed by atoms with E-state index < -0.39 is 47.2 Å². The molecule has 1 saturated heterocycles. The van der Waals surface area contributed by atoms with Crippen molar-refractivity contribution in [1.82, 2.24) is 4.90 Å². The van der Waals surface area contributed by atoms with E-state index in [0.717, 1.165) is 0 Å². The molecule has 1 aliphatic rings. The minimum Gasteiger partial charge on any atom is -0.444 e. The number of amides is 1. The minimum absolute atomic E-state index is 0.0673. The van der Waals surface area contributed by atoms with Gasteiger partial charge in [0.05, 0.1) is 12.6 Å². The number of halogens is 1. The predicted octanol–water partition coefficient (Wildman–Crippen LogP) is 1.72. The van der Waals surface area contributed by atoms with Crippen LogP contribution in [0, 0.1) is 10.1 Å². The summed E-state index contributed by atoms with van der Waals surface area (Å²) in [6.07, 6.45) is -4.49. The molecule has 0 bridgehead atoms. The molecule has 134 valence electrons. The minimum atomic E-state index is -1.84. The maximum atomic E-state index is 14.0. The Morgan fingerprint density at radius 2 is 2.13 bits per heavy atom. The number of ether oxygens (including phenoxy) is 2. The number of aliphatic hydroxyl groups is 1. The second-order valence-electron chi connectivity index (χ2n) is 7.10. The highest BCUT2D eigenvalue weighted by atomic mass is 19.1. The Bertz CT molecular complexity index is 451. The second-order valence-corrected chi connectivity index (χ2v) is 7.10. The van der Waals surface area contributed by atoms with E-state index in [0.29, 0.717) is 0 Å². The highest BCUT2D eigenvalue weighted by Gasteiger charge is 2.47. The number of nitro groups is 1. The van der Waals surface area contributed by atoms with Crippen molar-refractivity contribution in [3.63, 3.8) is 0 Å². The zero-order chi connectivity index (χ0) is 18.0. The molecule has 23 heavy (non-hydrogen) atoms. The molecule has 0 saturated carbocycles. The van der Waals surface area contributed by atoms with E-state index in [1.807, 2.05) is 0 Å². The van der Waals surface area contributed by atoms with Crippen LogP contribution in [0.25, 0.3) is 0 Å². The van der Waals surface area contributed by atoms with Gasteiger partial charge in [-0.25, -0.2) is 9.18 Å². The van der Waals surface area contributed by atoms with Crippen molar-refractivity contribution in [2.45, 2.75) is 70.7 Å². The van der Waals surface area contributed by atoms with E-state index >= 15 is 0 Å². The second kappa shape index (κ2) is 6.96. The third-order valence-corrected chi connectivity index (χ3v) is 3.42. The van der Waals surface area contributed by atoms with Gasteiger partial charge in [-0.15, -0.1) is 0 Å². The third kappa shape index (κ3) is 5.58. The van der Waals surface area contributed by atoms with Gasteiger partial charge in [0.15, 0.2) is 0 Å². The quantitative estimate of drug-likeness (QED) is 0.606. The molecule has 9 heteroatoms. The number of alkyl halides is 1. The first-order chi connectivity index (χ1) is 10.3. The van der Waals surface area contributed by atoms with Gasteiger partial charge in [-0.05, 0) is 34.6 Å². The van der Waals surface area contributed by atoms with Gasteiger partial charge in [0.2, 0.25) is 6.54 Å². The van der Waals surface area contributed by atoms with E-state index in [4.69, 9.17) is 9.47 Å². The van der Waals surface area contributed by atoms with Gasteiger partial charge < -0.3 is 14.6 Å². The van der Waals surface area contributed by atoms with Crippen LogP contribution in [-0.4, -0.2) is 63.8 Å². The lowest BCUT2D eigenvalue weighted by molar-refractivity contribution is -0.492. The van der Waals surface area contributed by atoms with Gasteiger partial charge in [0.25, 0.3) is 0 Å². The summed E-state index contributed by atoms with van der Waals surface area (Å²) in [7, 11) is 0. The monoisotopic (exact) mass is 336 g/mol. The molecule has 3 atom stereocenters. The van der Waals surface area contributed by atoms with Crippen LogP contribution < -0.4 is 0 Å². The Morgan fingerprint density at radius 3 is 2.61 bits per heavy atom. The van der Waals surface area contributed by atoms with E-state index in [9.17, 15) is 24.4 Å². The summed E-state index contributed by atoms with van der Waals surface area (Å²) in [5.74, 6) is 0. The molecule has 8 nitrogen and oxygen atoms in total. The van der Waals surface area contributed by atoms with Crippen molar-refractivity contribution >= 4 is 6.09 Å². The van der Waals surface area contributed by atoms with Crippen molar-refractivity contribution in [2.75, 3.05) is 13.2 Å². The summed E-state index contributed by atoms with van der Waals surface area (Å²) in [5, 5.41) is 19.9. The summed E-state index contributed by atoms with van der Waals surface area (Å²) in [6.45, 7) is 7.62. The summed E-state index contributed by atoms with van der Waals surface area (Å²) < 4.78 is 24.9. The lowest BCUT2D eigenvalue weighted by Gasteiger charge is -2.35. The average Bonchev–Trinajstić information content (AvgIpc) is 2.61. The van der Waals surface area contributed by atoms with Crippen molar-refractivity contribution in [3.05, 3.63) is 10.1 Å². The molecule has 0 aromatic heterocycles. The van der Waals surface area contributed by atoms with Crippen molar-refractivity contribution in [3.8, 4) is 0 Å². The van der Waals surface area contributed by atoms with Crippen molar-refractivity contribution < 1.29 is 28.7 Å². The van der Waals surface area contributed by atoms with Gasteiger partial charge in [-0.2, -0.15) is 0 Å². The molecule has 1 amide bonds. The van der Waals surface area contributed by atoms with Crippen molar-refractivity contribution in [2.24, 2.45) is 0 Å². The third-order valence-electron chi connectivity index (χ3n) is 3.42. The van der Waals surface area contributed by atoms with Crippen LogP contribution in [0.4, 0.5) is 9.18 Å². The standard InChI is InChI=1S/C14H25FN2O6/c1-13(2,3)23-12(19)17-9(8-22-14(17,4)5)6-10(15)11(18)7-16(20)21/h9-11,18H,6-8H2,1-5H3/t9-,10-,11?/m0/s1. The zero-order valence-corrected chi connectivity index (χ0v) is 14.1. The Morgan fingerprint density at radius 1 is 1.57 bits per heavy atom. The zero-order valence-electron chi connectivity index (χ0n) is 14.1. The topological polar surface area (TPSA) is 102 Å². The van der Waals surface area contributed by atoms with Crippen LogP contribution in [0.3, 0.4) is 0 Å². The van der Waals surface area contributed by atoms with Crippen LogP contribution in [0.2, 0.25) is 0 Å². The number of hydrogen-bond donors (Lipinski definition) is 1. The largest absolute Gasteiger partial charge is 0.444 e. The van der Waals surface area contributed by atoms with Gasteiger partial charge in [0, 0.05) is 11.3 Å². The molecule has 1 rings (SSSR count). The molecular formula is C14H25FN2O6. The normalized spacial score (nSPS) is 23.4. The number of aliphatic hydroxyl groups excluding tert-OH is 1. The molecule has 0 aliphatic carbocycles. The molecule has 0 radical (unpaired) electrons. The predicted molar refractivity (Wildman–Crippen MR) is 79.3 cm³/mol. The number of rotatable bonds is 5. The first kappa shape index (κ1) is 19.6. The van der Waals surface area contributed by atoms with Gasteiger partial charge in [-0.1, -0.05) is 0 Å². The maximum Gasteiger partial charge on any atom is 0.412 e. The Balaban J connectivity index is 2.80. The molecule has 0 spiro atoms. The fraction of sp³-hybridized carbons (Fsp3) is 0.929. The molecular weight excluding hydrogens is 311 g/mol. The van der Waals surface area contributed by atoms with Gasteiger partial charge >= 0.3 is 6.09 Å². The molecule has 0 aromatic rings. The van der Waals surface area contributed by atoms with E-state index in [1.54, 1.807) is 34.6 Å². The maximum absolute atomic E-state index is 14.0. The van der Waals surface area contributed by atoms with Crippen molar-refractivity contribution in [1.29, 1.82) is 0 Å².